The summed E-state index contributed by atoms with van der Waals surface area (Å²) in [6.45, 7) is 4.05. The van der Waals surface area contributed by atoms with Crippen LogP contribution >= 0.6 is 0 Å². The molecule has 132 valence electrons. The predicted molar refractivity (Wildman–Crippen MR) is 90.9 cm³/mol. The van der Waals surface area contributed by atoms with Gasteiger partial charge in [0, 0.05) is 20.1 Å². The van der Waals surface area contributed by atoms with Crippen molar-refractivity contribution in [2.45, 2.75) is 32.4 Å². The van der Waals surface area contributed by atoms with Gasteiger partial charge in [0.2, 0.25) is 0 Å². The minimum atomic E-state index is -1.02. The van der Waals surface area contributed by atoms with E-state index in [1.807, 2.05) is 38.1 Å². The summed E-state index contributed by atoms with van der Waals surface area (Å²) in [5.41, 5.74) is 3.03. The Kier molecular flexibility index (Phi) is 4.59. The fourth-order valence-corrected chi connectivity index (χ4v) is 3.24. The summed E-state index contributed by atoms with van der Waals surface area (Å²) < 4.78 is 6.96. The molecule has 1 aliphatic heterocycles. The topological polar surface area (TPSA) is 84.7 Å². The number of methoxy groups -OCH3 is 1. The minimum Gasteiger partial charge on any atom is -0.480 e. The number of likely N-dealkylation sites (tertiary alicyclic amines) is 1. The lowest BCUT2D eigenvalue weighted by atomic mass is 10.1. The molecule has 1 aromatic carbocycles. The summed E-state index contributed by atoms with van der Waals surface area (Å²) in [6, 6.07) is 6.88. The van der Waals surface area contributed by atoms with E-state index in [9.17, 15) is 14.7 Å². The van der Waals surface area contributed by atoms with Gasteiger partial charge in [0.1, 0.15) is 6.04 Å². The number of benzene rings is 1. The van der Waals surface area contributed by atoms with Crippen LogP contribution in [0.2, 0.25) is 0 Å². The van der Waals surface area contributed by atoms with Gasteiger partial charge in [-0.05, 0) is 25.5 Å². The molecule has 0 spiro atoms. The van der Waals surface area contributed by atoms with E-state index in [2.05, 4.69) is 5.10 Å². The Bertz CT molecular complexity index is 814. The van der Waals surface area contributed by atoms with Crippen LogP contribution in [-0.2, 0) is 9.53 Å². The lowest BCUT2D eigenvalue weighted by Gasteiger charge is -2.21. The monoisotopic (exact) mass is 343 g/mol. The maximum atomic E-state index is 12.9. The van der Waals surface area contributed by atoms with Crippen LogP contribution in [-0.4, -0.2) is 57.5 Å². The SMILES string of the molecule is COC1CC(C(=O)O)N(C(=O)c2cnn(-c3ccccc3C)c2C)C1. The zero-order valence-electron chi connectivity index (χ0n) is 14.5. The summed E-state index contributed by atoms with van der Waals surface area (Å²) in [5, 5.41) is 13.8. The molecule has 25 heavy (non-hydrogen) atoms. The third kappa shape index (κ3) is 3.02. The second-order valence-corrected chi connectivity index (χ2v) is 6.25. The lowest BCUT2D eigenvalue weighted by Crippen LogP contribution is -2.40. The second kappa shape index (κ2) is 6.68. The molecule has 0 saturated carbocycles. The molecule has 2 aromatic rings. The molecule has 2 heterocycles. The standard InChI is InChI=1S/C18H21N3O4/c1-11-6-4-5-7-15(11)21-12(2)14(9-19-21)17(22)20-10-13(25-3)8-16(20)18(23)24/h4-7,9,13,16H,8,10H2,1-3H3,(H,23,24). The Balaban J connectivity index is 1.94. The summed E-state index contributed by atoms with van der Waals surface area (Å²) in [5.74, 6) is -1.35. The number of aliphatic carboxylic acids is 1. The summed E-state index contributed by atoms with van der Waals surface area (Å²) in [4.78, 5) is 25.8. The molecule has 1 fully saturated rings. The van der Waals surface area contributed by atoms with Gasteiger partial charge in [-0.2, -0.15) is 5.10 Å². The van der Waals surface area contributed by atoms with Gasteiger partial charge in [-0.15, -0.1) is 0 Å². The molecule has 1 aromatic heterocycles. The number of hydrogen-bond acceptors (Lipinski definition) is 4. The van der Waals surface area contributed by atoms with Crippen LogP contribution in [0.25, 0.3) is 5.69 Å². The maximum absolute atomic E-state index is 12.9. The number of aryl methyl sites for hydroxylation is 1. The number of carboxylic acids is 1. The molecule has 1 saturated heterocycles. The average molecular weight is 343 g/mol. The molecule has 1 N–H and O–H groups in total. The molecule has 3 rings (SSSR count). The zero-order valence-corrected chi connectivity index (χ0v) is 14.5. The van der Waals surface area contributed by atoms with Crippen LogP contribution in [0.1, 0.15) is 28.0 Å². The first-order valence-electron chi connectivity index (χ1n) is 8.11. The van der Waals surface area contributed by atoms with Crippen molar-refractivity contribution in [2.24, 2.45) is 0 Å². The maximum Gasteiger partial charge on any atom is 0.326 e. The van der Waals surface area contributed by atoms with Crippen LogP contribution in [0.5, 0.6) is 0 Å². The van der Waals surface area contributed by atoms with Gasteiger partial charge in [-0.3, -0.25) is 4.79 Å². The summed E-state index contributed by atoms with van der Waals surface area (Å²) in [7, 11) is 1.53. The van der Waals surface area contributed by atoms with E-state index in [-0.39, 0.29) is 18.6 Å². The molecular formula is C18H21N3O4. The summed E-state index contributed by atoms with van der Waals surface area (Å²) >= 11 is 0. The number of ether oxygens (including phenoxy) is 1. The van der Waals surface area contributed by atoms with Crippen molar-refractivity contribution in [3.8, 4) is 5.69 Å². The molecule has 2 unspecified atom stereocenters. The Morgan fingerprint density at radius 3 is 2.64 bits per heavy atom. The van der Waals surface area contributed by atoms with Crippen LogP contribution in [0, 0.1) is 13.8 Å². The van der Waals surface area contributed by atoms with E-state index in [0.29, 0.717) is 17.7 Å². The quantitative estimate of drug-likeness (QED) is 0.915. The largest absolute Gasteiger partial charge is 0.480 e. The fraction of sp³-hybridized carbons (Fsp3) is 0.389. The van der Waals surface area contributed by atoms with Gasteiger partial charge in [0.05, 0.1) is 29.2 Å². The number of hydrogen-bond donors (Lipinski definition) is 1. The minimum absolute atomic E-state index is 0.265. The number of aromatic nitrogens is 2. The predicted octanol–water partition coefficient (Wildman–Crippen LogP) is 1.80. The van der Waals surface area contributed by atoms with Gasteiger partial charge < -0.3 is 14.7 Å². The molecule has 1 aliphatic rings. The van der Waals surface area contributed by atoms with Gasteiger partial charge in [-0.1, -0.05) is 18.2 Å². The van der Waals surface area contributed by atoms with E-state index in [1.54, 1.807) is 4.68 Å². The molecule has 1 amide bonds. The van der Waals surface area contributed by atoms with Gasteiger partial charge in [0.25, 0.3) is 5.91 Å². The van der Waals surface area contributed by atoms with Crippen LogP contribution in [0.3, 0.4) is 0 Å². The number of carbonyl (C=O) groups excluding carboxylic acids is 1. The number of carbonyl (C=O) groups is 2. The zero-order chi connectivity index (χ0) is 18.1. The van der Waals surface area contributed by atoms with Gasteiger partial charge in [-0.25, -0.2) is 9.48 Å². The first-order chi connectivity index (χ1) is 11.9. The lowest BCUT2D eigenvalue weighted by molar-refractivity contribution is -0.141. The second-order valence-electron chi connectivity index (χ2n) is 6.25. The normalized spacial score (nSPS) is 20.0. The van der Waals surface area contributed by atoms with E-state index >= 15 is 0 Å². The Morgan fingerprint density at radius 1 is 1.28 bits per heavy atom. The molecular weight excluding hydrogens is 322 g/mol. The molecule has 0 aliphatic carbocycles. The molecule has 7 nitrogen and oxygen atoms in total. The van der Waals surface area contributed by atoms with Gasteiger partial charge in [0.15, 0.2) is 0 Å². The molecule has 7 heteroatoms. The highest BCUT2D eigenvalue weighted by molar-refractivity contribution is 5.97. The Hall–Kier alpha value is -2.67. The summed E-state index contributed by atoms with van der Waals surface area (Å²) in [6.07, 6.45) is 1.53. The number of para-hydroxylation sites is 1. The van der Waals surface area contributed by atoms with Crippen LogP contribution < -0.4 is 0 Å². The van der Waals surface area contributed by atoms with E-state index in [1.165, 1.54) is 18.2 Å². The van der Waals surface area contributed by atoms with Crippen molar-refractivity contribution in [1.82, 2.24) is 14.7 Å². The average Bonchev–Trinajstić information content (AvgIpc) is 3.19. The van der Waals surface area contributed by atoms with Crippen molar-refractivity contribution in [3.63, 3.8) is 0 Å². The first-order valence-corrected chi connectivity index (χ1v) is 8.11. The fourth-order valence-electron chi connectivity index (χ4n) is 3.24. The third-order valence-corrected chi connectivity index (χ3v) is 4.73. The van der Waals surface area contributed by atoms with Crippen molar-refractivity contribution in [2.75, 3.05) is 13.7 Å². The highest BCUT2D eigenvalue weighted by Gasteiger charge is 2.40. The Labute approximate surface area is 145 Å². The molecule has 2 atom stereocenters. The molecule has 0 bridgehead atoms. The number of nitrogens with zero attached hydrogens (tertiary/aromatic N) is 3. The van der Waals surface area contributed by atoms with E-state index < -0.39 is 12.0 Å². The van der Waals surface area contributed by atoms with Crippen molar-refractivity contribution >= 4 is 11.9 Å². The van der Waals surface area contributed by atoms with Gasteiger partial charge >= 0.3 is 5.97 Å². The van der Waals surface area contributed by atoms with E-state index in [4.69, 9.17) is 4.74 Å². The number of rotatable bonds is 4. The van der Waals surface area contributed by atoms with Crippen molar-refractivity contribution in [3.05, 3.63) is 47.3 Å². The first kappa shape index (κ1) is 17.2. The Morgan fingerprint density at radius 2 is 2.00 bits per heavy atom. The van der Waals surface area contributed by atoms with Crippen molar-refractivity contribution in [1.29, 1.82) is 0 Å². The smallest absolute Gasteiger partial charge is 0.326 e. The number of carboxylic acid groups (broad SMARTS) is 1. The highest BCUT2D eigenvalue weighted by Crippen LogP contribution is 2.25. The van der Waals surface area contributed by atoms with Crippen LogP contribution in [0.4, 0.5) is 0 Å². The van der Waals surface area contributed by atoms with Crippen LogP contribution in [0.15, 0.2) is 30.5 Å². The highest BCUT2D eigenvalue weighted by atomic mass is 16.5. The number of amides is 1. The third-order valence-electron chi connectivity index (χ3n) is 4.73. The molecule has 0 radical (unpaired) electrons. The van der Waals surface area contributed by atoms with E-state index in [0.717, 1.165) is 11.3 Å². The van der Waals surface area contributed by atoms with Crippen molar-refractivity contribution < 1.29 is 19.4 Å².